The maximum atomic E-state index is 11.3. The third kappa shape index (κ3) is 3.02. The Hall–Kier alpha value is -1.05. The molecule has 1 rings (SSSR count). The number of hydrogen-bond donors (Lipinski definition) is 2. The average Bonchev–Trinajstić information content (AvgIpc) is 2.42. The predicted molar refractivity (Wildman–Crippen MR) is 55.4 cm³/mol. The molecule has 1 amide bonds. The smallest absolute Gasteiger partial charge is 0.234 e. The molecule has 4 heteroatoms. The number of rotatable bonds is 3. The van der Waals surface area contributed by atoms with Gasteiger partial charge in [0.2, 0.25) is 5.91 Å². The lowest BCUT2D eigenvalue weighted by Crippen LogP contribution is -2.37. The molecular weight excluding hydrogens is 178 g/mol. The minimum atomic E-state index is -0.0238. The van der Waals surface area contributed by atoms with Gasteiger partial charge >= 0.3 is 0 Å². The van der Waals surface area contributed by atoms with Gasteiger partial charge < -0.3 is 11.1 Å². The van der Waals surface area contributed by atoms with Crippen molar-refractivity contribution in [1.82, 2.24) is 10.2 Å². The maximum absolute atomic E-state index is 11.3. The molecule has 2 atom stereocenters. The van der Waals surface area contributed by atoms with Crippen LogP contribution < -0.4 is 11.1 Å². The van der Waals surface area contributed by atoms with Crippen molar-refractivity contribution in [3.8, 4) is 12.3 Å². The van der Waals surface area contributed by atoms with E-state index in [1.807, 2.05) is 0 Å². The van der Waals surface area contributed by atoms with Crippen LogP contribution in [-0.4, -0.2) is 43.0 Å². The van der Waals surface area contributed by atoms with Crippen LogP contribution in [0.1, 0.15) is 6.92 Å². The van der Waals surface area contributed by atoms with Crippen LogP contribution in [0.3, 0.4) is 0 Å². The van der Waals surface area contributed by atoms with Gasteiger partial charge in [-0.1, -0.05) is 12.8 Å². The number of carbonyl (C=O) groups excluding carboxylic acids is 1. The third-order valence-electron chi connectivity index (χ3n) is 2.50. The summed E-state index contributed by atoms with van der Waals surface area (Å²) in [6.07, 6.45) is 5.03. The van der Waals surface area contributed by atoms with Gasteiger partial charge in [-0.05, 0) is 5.92 Å². The van der Waals surface area contributed by atoms with E-state index in [9.17, 15) is 4.79 Å². The highest BCUT2D eigenvalue weighted by atomic mass is 16.2. The van der Waals surface area contributed by atoms with Crippen molar-refractivity contribution < 1.29 is 4.79 Å². The van der Waals surface area contributed by atoms with Crippen LogP contribution in [0, 0.1) is 18.3 Å². The molecule has 0 radical (unpaired) electrons. The summed E-state index contributed by atoms with van der Waals surface area (Å²) in [5, 5.41) is 2.63. The summed E-state index contributed by atoms with van der Waals surface area (Å²) >= 11 is 0. The van der Waals surface area contributed by atoms with Crippen molar-refractivity contribution in [3.63, 3.8) is 0 Å². The van der Waals surface area contributed by atoms with Gasteiger partial charge in [0, 0.05) is 19.1 Å². The van der Waals surface area contributed by atoms with E-state index in [1.165, 1.54) is 0 Å². The van der Waals surface area contributed by atoms with Gasteiger partial charge in [-0.3, -0.25) is 9.69 Å². The van der Waals surface area contributed by atoms with E-state index in [0.717, 1.165) is 13.1 Å². The maximum Gasteiger partial charge on any atom is 0.234 e. The van der Waals surface area contributed by atoms with E-state index in [-0.39, 0.29) is 11.9 Å². The second-order valence-corrected chi connectivity index (χ2v) is 3.82. The van der Waals surface area contributed by atoms with Crippen molar-refractivity contribution in [3.05, 3.63) is 0 Å². The monoisotopic (exact) mass is 195 g/mol. The second-order valence-electron chi connectivity index (χ2n) is 3.82. The third-order valence-corrected chi connectivity index (χ3v) is 2.50. The minimum Gasteiger partial charge on any atom is -0.344 e. The number of nitrogens with zero attached hydrogens (tertiary/aromatic N) is 1. The van der Waals surface area contributed by atoms with Crippen LogP contribution in [0.2, 0.25) is 0 Å². The molecular formula is C10H17N3O. The Balaban J connectivity index is 2.26. The van der Waals surface area contributed by atoms with Crippen molar-refractivity contribution >= 4 is 5.91 Å². The van der Waals surface area contributed by atoms with Gasteiger partial charge in [-0.2, -0.15) is 0 Å². The zero-order valence-electron chi connectivity index (χ0n) is 8.49. The number of hydrogen-bond acceptors (Lipinski definition) is 3. The molecule has 1 aliphatic rings. The first-order valence-electron chi connectivity index (χ1n) is 4.81. The average molecular weight is 195 g/mol. The zero-order chi connectivity index (χ0) is 10.6. The zero-order valence-corrected chi connectivity index (χ0v) is 8.49. The van der Waals surface area contributed by atoms with E-state index < -0.39 is 0 Å². The van der Waals surface area contributed by atoms with Crippen LogP contribution in [0.4, 0.5) is 0 Å². The fourth-order valence-electron chi connectivity index (χ4n) is 1.63. The molecule has 0 aromatic rings. The van der Waals surface area contributed by atoms with Crippen LogP contribution in [0.15, 0.2) is 0 Å². The number of nitrogens with one attached hydrogen (secondary N) is 1. The Kier molecular flexibility index (Phi) is 3.93. The molecule has 78 valence electrons. The van der Waals surface area contributed by atoms with Crippen molar-refractivity contribution in [2.75, 3.05) is 26.2 Å². The molecule has 1 saturated heterocycles. The van der Waals surface area contributed by atoms with Crippen LogP contribution >= 0.6 is 0 Å². The van der Waals surface area contributed by atoms with Crippen molar-refractivity contribution in [1.29, 1.82) is 0 Å². The van der Waals surface area contributed by atoms with Gasteiger partial charge in [-0.15, -0.1) is 6.42 Å². The summed E-state index contributed by atoms with van der Waals surface area (Å²) in [6, 6.07) is 0.190. The Morgan fingerprint density at radius 3 is 2.93 bits per heavy atom. The molecule has 0 aliphatic carbocycles. The number of amides is 1. The molecule has 0 spiro atoms. The highest BCUT2D eigenvalue weighted by Crippen LogP contribution is 2.13. The molecule has 14 heavy (non-hydrogen) atoms. The van der Waals surface area contributed by atoms with E-state index in [2.05, 4.69) is 23.1 Å². The lowest BCUT2D eigenvalue weighted by Gasteiger charge is -2.13. The summed E-state index contributed by atoms with van der Waals surface area (Å²) in [5.41, 5.74) is 5.84. The molecule has 1 aliphatic heterocycles. The fourth-order valence-corrected chi connectivity index (χ4v) is 1.63. The summed E-state index contributed by atoms with van der Waals surface area (Å²) in [4.78, 5) is 13.3. The predicted octanol–water partition coefficient (Wildman–Crippen LogP) is -0.985. The highest BCUT2D eigenvalue weighted by Gasteiger charge is 2.27. The highest BCUT2D eigenvalue weighted by molar-refractivity contribution is 5.78. The molecule has 1 fully saturated rings. The topological polar surface area (TPSA) is 58.4 Å². The lowest BCUT2D eigenvalue weighted by atomic mass is 10.1. The summed E-state index contributed by atoms with van der Waals surface area (Å²) in [6.45, 7) is 4.49. The Labute approximate surface area is 84.8 Å². The number of carbonyl (C=O) groups is 1. The minimum absolute atomic E-state index is 0.0238. The Bertz CT molecular complexity index is 236. The standard InChI is InChI=1S/C10H17N3O/c1-3-4-12-10(14)7-13-5-8(2)9(11)6-13/h1,8-9H,4-7,11H2,2H3,(H,12,14). The van der Waals surface area contributed by atoms with E-state index in [4.69, 9.17) is 12.2 Å². The first-order chi connectivity index (χ1) is 6.63. The van der Waals surface area contributed by atoms with Crippen LogP contribution in [0.5, 0.6) is 0 Å². The molecule has 3 N–H and O–H groups in total. The normalized spacial score (nSPS) is 27.2. The van der Waals surface area contributed by atoms with Crippen LogP contribution in [0.25, 0.3) is 0 Å². The largest absolute Gasteiger partial charge is 0.344 e. The van der Waals surface area contributed by atoms with Crippen molar-refractivity contribution in [2.24, 2.45) is 11.7 Å². The van der Waals surface area contributed by atoms with Gasteiger partial charge in [-0.25, -0.2) is 0 Å². The van der Waals surface area contributed by atoms with Gasteiger partial charge in [0.05, 0.1) is 13.1 Å². The first-order valence-corrected chi connectivity index (χ1v) is 4.81. The van der Waals surface area contributed by atoms with Gasteiger partial charge in [0.1, 0.15) is 0 Å². The lowest BCUT2D eigenvalue weighted by molar-refractivity contribution is -0.121. The van der Waals surface area contributed by atoms with E-state index >= 15 is 0 Å². The first kappa shape index (κ1) is 11.0. The molecule has 2 unspecified atom stereocenters. The van der Waals surface area contributed by atoms with Crippen molar-refractivity contribution in [2.45, 2.75) is 13.0 Å². The quantitative estimate of drug-likeness (QED) is 0.569. The van der Waals surface area contributed by atoms with Gasteiger partial charge in [0.15, 0.2) is 0 Å². The van der Waals surface area contributed by atoms with E-state index in [1.54, 1.807) is 0 Å². The molecule has 1 heterocycles. The Morgan fingerprint density at radius 1 is 1.71 bits per heavy atom. The Morgan fingerprint density at radius 2 is 2.43 bits per heavy atom. The number of nitrogens with two attached hydrogens (primary N) is 1. The summed E-state index contributed by atoms with van der Waals surface area (Å²) < 4.78 is 0. The number of terminal acetylenes is 1. The summed E-state index contributed by atoms with van der Waals surface area (Å²) in [5.74, 6) is 2.81. The van der Waals surface area contributed by atoms with Gasteiger partial charge in [0.25, 0.3) is 0 Å². The van der Waals surface area contributed by atoms with E-state index in [0.29, 0.717) is 19.0 Å². The summed E-state index contributed by atoms with van der Waals surface area (Å²) in [7, 11) is 0. The molecule has 0 aromatic heterocycles. The molecule has 0 aromatic carbocycles. The molecule has 4 nitrogen and oxygen atoms in total. The SMILES string of the molecule is C#CCNC(=O)CN1CC(C)C(N)C1. The van der Waals surface area contributed by atoms with Crippen LogP contribution in [-0.2, 0) is 4.79 Å². The molecule has 0 saturated carbocycles. The fraction of sp³-hybridized carbons (Fsp3) is 0.700. The second kappa shape index (κ2) is 4.99. The number of likely N-dealkylation sites (tertiary alicyclic amines) is 1. The molecule has 0 bridgehead atoms.